The van der Waals surface area contributed by atoms with Crippen molar-refractivity contribution in [2.24, 2.45) is 0 Å². The van der Waals surface area contributed by atoms with Gasteiger partial charge >= 0.3 is 6.43 Å². The molecule has 0 aromatic carbocycles. The average Bonchev–Trinajstić information content (AvgIpc) is 2.70. The largest absolute Gasteiger partial charge is 0.452 e. The molecule has 1 amide bonds. The molecule has 1 aliphatic rings. The molecule has 1 atom stereocenters. The Morgan fingerprint density at radius 2 is 1.93 bits per heavy atom. The molecule has 0 radical (unpaired) electrons. The molecule has 0 saturated heterocycles. The number of hydrogen-bond donors (Lipinski definition) is 2. The Morgan fingerprint density at radius 1 is 1.14 bits per heavy atom. The average molecular weight is 395 g/mol. The Morgan fingerprint density at radius 3 is 2.68 bits per heavy atom. The molecule has 3 rings (SSSR count). The van der Waals surface area contributed by atoms with Crippen molar-refractivity contribution in [3.05, 3.63) is 36.4 Å². The lowest BCUT2D eigenvalue weighted by Crippen LogP contribution is -2.24. The van der Waals surface area contributed by atoms with Crippen LogP contribution in [-0.4, -0.2) is 39.7 Å². The van der Waals surface area contributed by atoms with Gasteiger partial charge in [-0.3, -0.25) is 9.78 Å². The number of nitrogens with one attached hydrogen (secondary N) is 2. The quantitative estimate of drug-likeness (QED) is 0.741. The van der Waals surface area contributed by atoms with Gasteiger partial charge in [-0.2, -0.15) is 4.39 Å². The second-order valence-corrected chi connectivity index (χ2v) is 6.37. The number of rotatable bonds is 7. The summed E-state index contributed by atoms with van der Waals surface area (Å²) < 4.78 is 42.5. The fraction of sp³-hybridized carbons (Fsp3) is 0.444. The van der Waals surface area contributed by atoms with E-state index in [0.717, 1.165) is 25.7 Å². The molecule has 1 unspecified atom stereocenters. The first kappa shape index (κ1) is 19.8. The summed E-state index contributed by atoms with van der Waals surface area (Å²) in [6, 6.07) is 2.86. The second kappa shape index (κ2) is 9.34. The second-order valence-electron chi connectivity index (χ2n) is 6.37. The standard InChI is InChI=1S/C18H20F3N5O2/c19-15(20)16(21)28-14-7-8-22-10-13(14)25-17(27)12-6-9-23-18(26-12)24-11-4-2-1-3-5-11/h6-11,15-16H,1-5H2,(H,25,27)(H,23,24,26). The highest BCUT2D eigenvalue weighted by atomic mass is 19.3. The van der Waals surface area contributed by atoms with Crippen LogP contribution in [0.15, 0.2) is 30.7 Å². The molecule has 2 N–H and O–H groups in total. The highest BCUT2D eigenvalue weighted by Crippen LogP contribution is 2.26. The molecule has 1 aliphatic carbocycles. The van der Waals surface area contributed by atoms with Crippen molar-refractivity contribution in [3.63, 3.8) is 0 Å². The summed E-state index contributed by atoms with van der Waals surface area (Å²) in [6.07, 6.45) is 3.25. The molecular formula is C18H20F3N5O2. The topological polar surface area (TPSA) is 89.0 Å². The van der Waals surface area contributed by atoms with Crippen LogP contribution < -0.4 is 15.4 Å². The fourth-order valence-electron chi connectivity index (χ4n) is 2.92. The van der Waals surface area contributed by atoms with Gasteiger partial charge in [-0.15, -0.1) is 0 Å². The van der Waals surface area contributed by atoms with Crippen LogP contribution in [0.3, 0.4) is 0 Å². The van der Waals surface area contributed by atoms with Gasteiger partial charge in [0.15, 0.2) is 0 Å². The van der Waals surface area contributed by atoms with Gasteiger partial charge in [-0.1, -0.05) is 19.3 Å². The van der Waals surface area contributed by atoms with Crippen molar-refractivity contribution in [3.8, 4) is 5.75 Å². The normalized spacial score (nSPS) is 15.9. The molecule has 1 fully saturated rings. The van der Waals surface area contributed by atoms with Crippen LogP contribution in [-0.2, 0) is 0 Å². The molecule has 0 bridgehead atoms. The minimum Gasteiger partial charge on any atom is -0.452 e. The predicted molar refractivity (Wildman–Crippen MR) is 96.2 cm³/mol. The monoisotopic (exact) mass is 395 g/mol. The lowest BCUT2D eigenvalue weighted by molar-refractivity contribution is -0.0665. The van der Waals surface area contributed by atoms with Gasteiger partial charge in [0.1, 0.15) is 17.1 Å². The van der Waals surface area contributed by atoms with E-state index in [9.17, 15) is 18.0 Å². The Bertz CT molecular complexity index is 802. The van der Waals surface area contributed by atoms with E-state index in [1.807, 2.05) is 0 Å². The number of carbonyl (C=O) groups excluding carboxylic acids is 1. The molecule has 28 heavy (non-hydrogen) atoms. The molecule has 2 heterocycles. The van der Waals surface area contributed by atoms with E-state index in [-0.39, 0.29) is 23.2 Å². The van der Waals surface area contributed by atoms with Crippen molar-refractivity contribution >= 4 is 17.5 Å². The summed E-state index contributed by atoms with van der Waals surface area (Å²) in [6.45, 7) is 0. The van der Waals surface area contributed by atoms with Gasteiger partial charge < -0.3 is 15.4 Å². The molecule has 7 nitrogen and oxygen atoms in total. The Balaban J connectivity index is 1.69. The Labute approximate surface area is 159 Å². The number of amides is 1. The minimum absolute atomic E-state index is 0.0452. The van der Waals surface area contributed by atoms with Crippen molar-refractivity contribution < 1.29 is 22.7 Å². The lowest BCUT2D eigenvalue weighted by atomic mass is 9.96. The number of hydrogen-bond acceptors (Lipinski definition) is 6. The molecule has 1 saturated carbocycles. The summed E-state index contributed by atoms with van der Waals surface area (Å²) in [5, 5.41) is 5.66. The number of pyridine rings is 1. The van der Waals surface area contributed by atoms with Crippen molar-refractivity contribution in [2.75, 3.05) is 10.6 Å². The number of ether oxygens (including phenoxy) is 1. The van der Waals surface area contributed by atoms with Gasteiger partial charge in [0.2, 0.25) is 5.95 Å². The van der Waals surface area contributed by atoms with Crippen LogP contribution in [0.25, 0.3) is 0 Å². The molecular weight excluding hydrogens is 375 g/mol. The summed E-state index contributed by atoms with van der Waals surface area (Å²) in [7, 11) is 0. The van der Waals surface area contributed by atoms with Crippen LogP contribution in [0.5, 0.6) is 5.75 Å². The number of anilines is 2. The predicted octanol–water partition coefficient (Wildman–Crippen LogP) is 3.81. The van der Waals surface area contributed by atoms with Gasteiger partial charge in [0.05, 0.1) is 6.20 Å². The zero-order valence-electron chi connectivity index (χ0n) is 14.9. The van der Waals surface area contributed by atoms with Crippen LogP contribution in [0, 0.1) is 0 Å². The van der Waals surface area contributed by atoms with E-state index in [4.69, 9.17) is 0 Å². The summed E-state index contributed by atoms with van der Waals surface area (Å²) in [5.41, 5.74) is 0.0185. The van der Waals surface area contributed by atoms with Crippen molar-refractivity contribution in [2.45, 2.75) is 50.9 Å². The SMILES string of the molecule is O=C(Nc1cnccc1OC(F)C(F)F)c1ccnc(NC2CCCCC2)n1. The highest BCUT2D eigenvalue weighted by Gasteiger charge is 2.23. The maximum atomic E-state index is 13.2. The van der Waals surface area contributed by atoms with Crippen LogP contribution >= 0.6 is 0 Å². The first-order chi connectivity index (χ1) is 13.5. The zero-order chi connectivity index (χ0) is 19.9. The third-order valence-corrected chi connectivity index (χ3v) is 4.29. The molecule has 0 spiro atoms. The van der Waals surface area contributed by atoms with Crippen molar-refractivity contribution in [1.29, 1.82) is 0 Å². The lowest BCUT2D eigenvalue weighted by Gasteiger charge is -2.22. The van der Waals surface area contributed by atoms with Crippen LogP contribution in [0.1, 0.15) is 42.6 Å². The smallest absolute Gasteiger partial charge is 0.304 e. The maximum absolute atomic E-state index is 13.2. The molecule has 10 heteroatoms. The highest BCUT2D eigenvalue weighted by molar-refractivity contribution is 6.03. The van der Waals surface area contributed by atoms with Gasteiger partial charge in [0.25, 0.3) is 12.3 Å². The summed E-state index contributed by atoms with van der Waals surface area (Å²) in [5.74, 6) is -0.547. The Kier molecular flexibility index (Phi) is 6.62. The van der Waals surface area contributed by atoms with Crippen LogP contribution in [0.2, 0.25) is 0 Å². The van der Waals surface area contributed by atoms with E-state index >= 15 is 0 Å². The first-order valence-corrected chi connectivity index (χ1v) is 8.97. The van der Waals surface area contributed by atoms with Gasteiger partial charge in [0, 0.05) is 24.5 Å². The number of nitrogens with zero attached hydrogens (tertiary/aromatic N) is 3. The van der Waals surface area contributed by atoms with Crippen LogP contribution in [0.4, 0.5) is 24.8 Å². The third-order valence-electron chi connectivity index (χ3n) is 4.29. The third kappa shape index (κ3) is 5.30. The minimum atomic E-state index is -3.31. The number of alkyl halides is 3. The van der Waals surface area contributed by atoms with Gasteiger partial charge in [-0.05, 0) is 18.9 Å². The number of carbonyl (C=O) groups is 1. The van der Waals surface area contributed by atoms with E-state index < -0.39 is 18.7 Å². The molecule has 150 valence electrons. The fourth-order valence-corrected chi connectivity index (χ4v) is 2.92. The summed E-state index contributed by atoms with van der Waals surface area (Å²) >= 11 is 0. The Hall–Kier alpha value is -2.91. The van der Waals surface area contributed by atoms with Gasteiger partial charge in [-0.25, -0.2) is 18.7 Å². The molecule has 2 aromatic heterocycles. The summed E-state index contributed by atoms with van der Waals surface area (Å²) in [4.78, 5) is 24.6. The van der Waals surface area contributed by atoms with E-state index in [2.05, 4.69) is 30.3 Å². The first-order valence-electron chi connectivity index (χ1n) is 8.97. The number of halogens is 3. The van der Waals surface area contributed by atoms with E-state index in [1.54, 1.807) is 0 Å². The van der Waals surface area contributed by atoms with E-state index in [0.29, 0.717) is 5.95 Å². The zero-order valence-corrected chi connectivity index (χ0v) is 14.9. The molecule has 2 aromatic rings. The maximum Gasteiger partial charge on any atom is 0.304 e. The molecule has 0 aliphatic heterocycles. The van der Waals surface area contributed by atoms with E-state index in [1.165, 1.54) is 37.1 Å². The van der Waals surface area contributed by atoms with Crippen molar-refractivity contribution in [1.82, 2.24) is 15.0 Å². The number of aromatic nitrogens is 3.